The summed E-state index contributed by atoms with van der Waals surface area (Å²) in [5.74, 6) is 0.327. The number of ether oxygens (including phenoxy) is 1. The van der Waals surface area contributed by atoms with Gasteiger partial charge in [0, 0.05) is 36.9 Å². The van der Waals surface area contributed by atoms with Crippen LogP contribution < -0.4 is 9.64 Å². The summed E-state index contributed by atoms with van der Waals surface area (Å²) < 4.78 is 33.0. The Bertz CT molecular complexity index is 907. The Balaban J connectivity index is 1.83. The molecule has 0 spiro atoms. The van der Waals surface area contributed by atoms with Crippen molar-refractivity contribution in [2.45, 2.75) is 18.7 Å². The van der Waals surface area contributed by atoms with Crippen LogP contribution in [0.1, 0.15) is 11.1 Å². The van der Waals surface area contributed by atoms with Crippen LogP contribution in [-0.2, 0) is 10.0 Å². The van der Waals surface area contributed by atoms with Gasteiger partial charge >= 0.3 is 0 Å². The van der Waals surface area contributed by atoms with Crippen molar-refractivity contribution in [1.82, 2.24) is 4.31 Å². The lowest BCUT2D eigenvalue weighted by Crippen LogP contribution is -2.48. The van der Waals surface area contributed by atoms with Crippen molar-refractivity contribution in [2.75, 3.05) is 38.2 Å². The predicted octanol–water partition coefficient (Wildman–Crippen LogP) is 3.48. The standard InChI is InChI=1S/C19H23ClN2O3S/c1-14-6-4-5-7-17(14)21-8-10-22(11-9-21)26(23,24)19-13-16(20)15(2)12-18(19)25-3/h4-7,12-13H,8-11H2,1-3H3. The van der Waals surface area contributed by atoms with Crippen LogP contribution in [0.15, 0.2) is 41.3 Å². The van der Waals surface area contributed by atoms with Gasteiger partial charge in [-0.15, -0.1) is 0 Å². The predicted molar refractivity (Wildman–Crippen MR) is 105 cm³/mol. The minimum absolute atomic E-state index is 0.125. The molecule has 0 amide bonds. The summed E-state index contributed by atoms with van der Waals surface area (Å²) in [6, 6.07) is 11.3. The van der Waals surface area contributed by atoms with E-state index in [-0.39, 0.29) is 4.90 Å². The van der Waals surface area contributed by atoms with Crippen molar-refractivity contribution in [1.29, 1.82) is 0 Å². The van der Waals surface area contributed by atoms with Crippen LogP contribution in [0, 0.1) is 13.8 Å². The summed E-state index contributed by atoms with van der Waals surface area (Å²) >= 11 is 6.16. The first kappa shape index (κ1) is 19.0. The Morgan fingerprint density at radius 2 is 1.65 bits per heavy atom. The fourth-order valence-electron chi connectivity index (χ4n) is 3.22. The highest BCUT2D eigenvalue weighted by Crippen LogP contribution is 2.33. The lowest BCUT2D eigenvalue weighted by molar-refractivity contribution is 0.374. The molecule has 0 bridgehead atoms. The minimum atomic E-state index is -3.66. The maximum absolute atomic E-state index is 13.1. The van der Waals surface area contributed by atoms with Crippen LogP contribution in [0.3, 0.4) is 0 Å². The Morgan fingerprint density at radius 1 is 1.00 bits per heavy atom. The Labute approximate surface area is 160 Å². The van der Waals surface area contributed by atoms with Gasteiger partial charge in [0.2, 0.25) is 10.0 Å². The van der Waals surface area contributed by atoms with E-state index in [1.54, 1.807) is 6.07 Å². The number of aryl methyl sites for hydroxylation is 2. The number of piperazine rings is 1. The molecule has 0 saturated carbocycles. The van der Waals surface area contributed by atoms with Crippen molar-refractivity contribution in [3.05, 3.63) is 52.5 Å². The van der Waals surface area contributed by atoms with Gasteiger partial charge < -0.3 is 9.64 Å². The number of halogens is 1. The topological polar surface area (TPSA) is 49.9 Å². The number of benzene rings is 2. The fourth-order valence-corrected chi connectivity index (χ4v) is 5.04. The Hall–Kier alpha value is -1.76. The molecule has 0 atom stereocenters. The SMILES string of the molecule is COc1cc(C)c(Cl)cc1S(=O)(=O)N1CCN(c2ccccc2C)CC1. The summed E-state index contributed by atoms with van der Waals surface area (Å²) in [5.41, 5.74) is 3.13. The Morgan fingerprint density at radius 3 is 2.27 bits per heavy atom. The molecule has 0 unspecified atom stereocenters. The number of sulfonamides is 1. The maximum atomic E-state index is 13.1. The smallest absolute Gasteiger partial charge is 0.246 e. The number of methoxy groups -OCH3 is 1. The van der Waals surface area contributed by atoms with Crippen molar-refractivity contribution in [3.63, 3.8) is 0 Å². The molecule has 5 nitrogen and oxygen atoms in total. The molecule has 1 fully saturated rings. The zero-order valence-electron chi connectivity index (χ0n) is 15.2. The van der Waals surface area contributed by atoms with Crippen LogP contribution in [0.5, 0.6) is 5.75 Å². The van der Waals surface area contributed by atoms with Gasteiger partial charge in [-0.05, 0) is 43.2 Å². The molecule has 0 aromatic heterocycles. The molecule has 0 N–H and O–H groups in total. The number of rotatable bonds is 4. The van der Waals surface area contributed by atoms with Gasteiger partial charge in [0.25, 0.3) is 0 Å². The monoisotopic (exact) mass is 394 g/mol. The highest BCUT2D eigenvalue weighted by molar-refractivity contribution is 7.89. The molecule has 7 heteroatoms. The van der Waals surface area contributed by atoms with Crippen molar-refractivity contribution in [2.24, 2.45) is 0 Å². The van der Waals surface area contributed by atoms with Crippen LogP contribution in [0.25, 0.3) is 0 Å². The second-order valence-electron chi connectivity index (χ2n) is 6.43. The van der Waals surface area contributed by atoms with Crippen molar-refractivity contribution in [3.8, 4) is 5.75 Å². The molecule has 1 aliphatic heterocycles. The van der Waals surface area contributed by atoms with Crippen LogP contribution >= 0.6 is 11.6 Å². The van der Waals surface area contributed by atoms with E-state index in [4.69, 9.17) is 16.3 Å². The third-order valence-electron chi connectivity index (χ3n) is 4.76. The highest BCUT2D eigenvalue weighted by Gasteiger charge is 2.31. The van der Waals surface area contributed by atoms with Crippen LogP contribution in [0.4, 0.5) is 5.69 Å². The van der Waals surface area contributed by atoms with Crippen molar-refractivity contribution >= 4 is 27.3 Å². The van der Waals surface area contributed by atoms with Gasteiger partial charge in [0.15, 0.2) is 0 Å². The van der Waals surface area contributed by atoms with Crippen LogP contribution in [-0.4, -0.2) is 46.0 Å². The minimum Gasteiger partial charge on any atom is -0.495 e. The largest absolute Gasteiger partial charge is 0.495 e. The first-order chi connectivity index (χ1) is 12.3. The number of para-hydroxylation sites is 1. The quantitative estimate of drug-likeness (QED) is 0.796. The molecule has 3 rings (SSSR count). The van der Waals surface area contributed by atoms with Gasteiger partial charge in [-0.3, -0.25) is 0 Å². The summed E-state index contributed by atoms with van der Waals surface area (Å²) in [6.07, 6.45) is 0. The zero-order valence-corrected chi connectivity index (χ0v) is 16.8. The molecule has 2 aromatic carbocycles. The van der Waals surface area contributed by atoms with Gasteiger partial charge in [-0.1, -0.05) is 29.8 Å². The first-order valence-electron chi connectivity index (χ1n) is 8.49. The molecule has 1 heterocycles. The van der Waals surface area contributed by atoms with E-state index in [2.05, 4.69) is 24.0 Å². The molecule has 1 aliphatic rings. The van der Waals surface area contributed by atoms with E-state index in [1.165, 1.54) is 23.0 Å². The summed E-state index contributed by atoms with van der Waals surface area (Å²) in [7, 11) is -2.19. The molecule has 1 saturated heterocycles. The average Bonchev–Trinajstić information content (AvgIpc) is 2.64. The van der Waals surface area contributed by atoms with Gasteiger partial charge in [0.05, 0.1) is 7.11 Å². The molecule has 2 aromatic rings. The second kappa shape index (κ2) is 7.47. The average molecular weight is 395 g/mol. The number of hydrogen-bond acceptors (Lipinski definition) is 4. The van der Waals surface area contributed by atoms with Gasteiger partial charge in [-0.2, -0.15) is 4.31 Å². The lowest BCUT2D eigenvalue weighted by Gasteiger charge is -2.36. The summed E-state index contributed by atoms with van der Waals surface area (Å²) in [6.45, 7) is 6.02. The van der Waals surface area contributed by atoms with Crippen LogP contribution in [0.2, 0.25) is 5.02 Å². The van der Waals surface area contributed by atoms with E-state index >= 15 is 0 Å². The maximum Gasteiger partial charge on any atom is 0.246 e. The van der Waals surface area contributed by atoms with E-state index in [0.29, 0.717) is 37.0 Å². The fraction of sp³-hybridized carbons (Fsp3) is 0.368. The first-order valence-corrected chi connectivity index (χ1v) is 10.3. The van der Waals surface area contributed by atoms with E-state index in [0.717, 1.165) is 11.3 Å². The van der Waals surface area contributed by atoms with E-state index < -0.39 is 10.0 Å². The molecular formula is C19H23ClN2O3S. The van der Waals surface area contributed by atoms with Gasteiger partial charge in [0.1, 0.15) is 10.6 Å². The summed E-state index contributed by atoms with van der Waals surface area (Å²) in [5, 5.41) is 0.419. The zero-order chi connectivity index (χ0) is 18.9. The molecule has 26 heavy (non-hydrogen) atoms. The highest BCUT2D eigenvalue weighted by atomic mass is 35.5. The third-order valence-corrected chi connectivity index (χ3v) is 7.08. The molecule has 0 radical (unpaired) electrons. The molecule has 0 aliphatic carbocycles. The number of nitrogens with zero attached hydrogens (tertiary/aromatic N) is 2. The molecule has 140 valence electrons. The summed E-state index contributed by atoms with van der Waals surface area (Å²) in [4.78, 5) is 2.35. The van der Waals surface area contributed by atoms with E-state index in [1.807, 2.05) is 19.1 Å². The van der Waals surface area contributed by atoms with Gasteiger partial charge in [-0.25, -0.2) is 8.42 Å². The number of anilines is 1. The number of hydrogen-bond donors (Lipinski definition) is 0. The molecular weight excluding hydrogens is 372 g/mol. The van der Waals surface area contributed by atoms with Crippen molar-refractivity contribution < 1.29 is 13.2 Å². The second-order valence-corrected chi connectivity index (χ2v) is 8.74. The lowest BCUT2D eigenvalue weighted by atomic mass is 10.1. The Kier molecular flexibility index (Phi) is 5.46. The van der Waals surface area contributed by atoms with E-state index in [9.17, 15) is 8.42 Å². The third kappa shape index (κ3) is 3.54. The normalized spacial score (nSPS) is 15.9.